The Bertz CT molecular complexity index is 1310. The van der Waals surface area contributed by atoms with Crippen molar-refractivity contribution >= 4 is 21.8 Å². The van der Waals surface area contributed by atoms with Gasteiger partial charge in [0.1, 0.15) is 5.82 Å². The van der Waals surface area contributed by atoms with Crippen molar-refractivity contribution in [2.75, 3.05) is 13.1 Å². The highest BCUT2D eigenvalue weighted by molar-refractivity contribution is 9.10. The summed E-state index contributed by atoms with van der Waals surface area (Å²) in [4.78, 5) is 21.1. The molecule has 0 saturated carbocycles. The summed E-state index contributed by atoms with van der Waals surface area (Å²) in [5.41, 5.74) is 10.8. The van der Waals surface area contributed by atoms with Crippen LogP contribution in [-0.2, 0) is 6.54 Å². The summed E-state index contributed by atoms with van der Waals surface area (Å²) in [6, 6.07) is 26.1. The second-order valence-electron chi connectivity index (χ2n) is 9.80. The average molecular weight is 560 g/mol. The van der Waals surface area contributed by atoms with Gasteiger partial charge in [-0.3, -0.25) is 4.79 Å². The summed E-state index contributed by atoms with van der Waals surface area (Å²) in [5.74, 6) is 1.02. The number of hydrogen-bond donors (Lipinski definition) is 1. The lowest BCUT2D eigenvalue weighted by Crippen LogP contribution is -2.40. The Morgan fingerprint density at radius 3 is 2.41 bits per heavy atom. The van der Waals surface area contributed by atoms with Gasteiger partial charge in [0, 0.05) is 34.9 Å². The zero-order valence-electron chi connectivity index (χ0n) is 21.8. The normalized spacial score (nSPS) is 12.1. The standard InChI is InChI=1S/C31H35BrN4O/c1-22(2)29(36(18-8-17-33)31(37)25-15-13-23(3)14-16-25)30-34-28(26-11-7-12-27(32)19-26)21-35(30)20-24-9-5-4-6-10-24/h4-7,9-16,19,21-22,29H,8,17-18,20,33H2,1-3H3. The first kappa shape index (κ1) is 26.8. The second kappa shape index (κ2) is 12.3. The number of carbonyl (C=O) groups excluding carboxylic acids is 1. The maximum absolute atomic E-state index is 13.9. The van der Waals surface area contributed by atoms with E-state index < -0.39 is 0 Å². The van der Waals surface area contributed by atoms with Crippen molar-refractivity contribution < 1.29 is 4.79 Å². The van der Waals surface area contributed by atoms with Gasteiger partial charge in [-0.25, -0.2) is 4.98 Å². The molecule has 0 aliphatic heterocycles. The molecule has 0 radical (unpaired) electrons. The molecule has 5 nitrogen and oxygen atoms in total. The maximum Gasteiger partial charge on any atom is 0.254 e. The van der Waals surface area contributed by atoms with Gasteiger partial charge >= 0.3 is 0 Å². The summed E-state index contributed by atoms with van der Waals surface area (Å²) in [7, 11) is 0. The number of amides is 1. The van der Waals surface area contributed by atoms with Gasteiger partial charge in [-0.05, 0) is 55.6 Å². The fraction of sp³-hybridized carbons (Fsp3) is 0.290. The van der Waals surface area contributed by atoms with E-state index in [0.717, 1.165) is 33.5 Å². The van der Waals surface area contributed by atoms with Gasteiger partial charge in [0.25, 0.3) is 5.91 Å². The smallest absolute Gasteiger partial charge is 0.254 e. The zero-order chi connectivity index (χ0) is 26.4. The van der Waals surface area contributed by atoms with Crippen molar-refractivity contribution in [1.82, 2.24) is 14.5 Å². The first-order chi connectivity index (χ1) is 17.9. The minimum Gasteiger partial charge on any atom is -0.330 e. The first-order valence-electron chi connectivity index (χ1n) is 12.8. The number of nitrogens with zero attached hydrogens (tertiary/aromatic N) is 3. The van der Waals surface area contributed by atoms with Gasteiger partial charge in [-0.15, -0.1) is 0 Å². The lowest BCUT2D eigenvalue weighted by molar-refractivity contribution is 0.0604. The number of benzene rings is 3. The fourth-order valence-electron chi connectivity index (χ4n) is 4.65. The van der Waals surface area contributed by atoms with Crippen LogP contribution in [0.2, 0.25) is 0 Å². The van der Waals surface area contributed by atoms with Crippen molar-refractivity contribution in [3.63, 3.8) is 0 Å². The van der Waals surface area contributed by atoms with E-state index in [4.69, 9.17) is 10.7 Å². The van der Waals surface area contributed by atoms with Crippen molar-refractivity contribution in [3.8, 4) is 11.3 Å². The highest BCUT2D eigenvalue weighted by Crippen LogP contribution is 2.33. The van der Waals surface area contributed by atoms with E-state index in [1.54, 1.807) is 0 Å². The lowest BCUT2D eigenvalue weighted by atomic mass is 9.99. The van der Waals surface area contributed by atoms with E-state index in [9.17, 15) is 4.79 Å². The van der Waals surface area contributed by atoms with Crippen LogP contribution in [-0.4, -0.2) is 33.4 Å². The molecule has 192 valence electrons. The Hall–Kier alpha value is -3.22. The van der Waals surface area contributed by atoms with Crippen LogP contribution in [0.1, 0.15) is 53.6 Å². The second-order valence-corrected chi connectivity index (χ2v) is 10.7. The highest BCUT2D eigenvalue weighted by atomic mass is 79.9. The molecule has 0 bridgehead atoms. The van der Waals surface area contributed by atoms with Gasteiger partial charge < -0.3 is 15.2 Å². The van der Waals surface area contributed by atoms with Gasteiger partial charge in [0.2, 0.25) is 0 Å². The molecule has 0 aliphatic rings. The van der Waals surface area contributed by atoms with Crippen LogP contribution in [0.5, 0.6) is 0 Å². The molecule has 1 unspecified atom stereocenters. The van der Waals surface area contributed by atoms with E-state index in [-0.39, 0.29) is 17.9 Å². The molecule has 3 aromatic carbocycles. The number of halogens is 1. The number of aromatic nitrogens is 2. The van der Waals surface area contributed by atoms with Gasteiger partial charge in [0.15, 0.2) is 0 Å². The molecular formula is C31H35BrN4O. The number of carbonyl (C=O) groups is 1. The van der Waals surface area contributed by atoms with E-state index in [0.29, 0.717) is 25.2 Å². The molecule has 4 rings (SSSR count). The van der Waals surface area contributed by atoms with Crippen molar-refractivity contribution in [2.45, 2.75) is 39.8 Å². The molecule has 37 heavy (non-hydrogen) atoms. The van der Waals surface area contributed by atoms with Crippen LogP contribution in [0.3, 0.4) is 0 Å². The molecule has 1 atom stereocenters. The van der Waals surface area contributed by atoms with Crippen LogP contribution in [0, 0.1) is 12.8 Å². The minimum atomic E-state index is -0.218. The Morgan fingerprint density at radius 1 is 1.03 bits per heavy atom. The van der Waals surface area contributed by atoms with Gasteiger partial charge in [-0.1, -0.05) is 89.9 Å². The molecular weight excluding hydrogens is 524 g/mol. The summed E-state index contributed by atoms with van der Waals surface area (Å²) in [6.45, 7) is 8.09. The number of aryl methyl sites for hydroxylation is 1. The monoisotopic (exact) mass is 558 g/mol. The van der Waals surface area contributed by atoms with Crippen molar-refractivity contribution in [3.05, 3.63) is 112 Å². The largest absolute Gasteiger partial charge is 0.330 e. The molecule has 1 amide bonds. The molecule has 1 aromatic heterocycles. The van der Waals surface area contributed by atoms with Crippen LogP contribution < -0.4 is 5.73 Å². The molecule has 0 saturated heterocycles. The van der Waals surface area contributed by atoms with Crippen LogP contribution in [0.4, 0.5) is 0 Å². The van der Waals surface area contributed by atoms with Crippen LogP contribution >= 0.6 is 15.9 Å². The Labute approximate surface area is 228 Å². The predicted molar refractivity (Wildman–Crippen MR) is 154 cm³/mol. The van der Waals surface area contributed by atoms with Crippen molar-refractivity contribution in [1.29, 1.82) is 0 Å². The average Bonchev–Trinajstić information content (AvgIpc) is 3.30. The SMILES string of the molecule is Cc1ccc(C(=O)N(CCCN)C(c2nc(-c3cccc(Br)c3)cn2Cc2ccccc2)C(C)C)cc1. The summed E-state index contributed by atoms with van der Waals surface area (Å²) >= 11 is 3.59. The van der Waals surface area contributed by atoms with Crippen LogP contribution in [0.25, 0.3) is 11.3 Å². The lowest BCUT2D eigenvalue weighted by Gasteiger charge is -2.34. The predicted octanol–water partition coefficient (Wildman–Crippen LogP) is 6.86. The van der Waals surface area contributed by atoms with E-state index >= 15 is 0 Å². The zero-order valence-corrected chi connectivity index (χ0v) is 23.4. The molecule has 2 N–H and O–H groups in total. The van der Waals surface area contributed by atoms with E-state index in [2.05, 4.69) is 76.9 Å². The van der Waals surface area contributed by atoms with Crippen LogP contribution in [0.15, 0.2) is 89.5 Å². The summed E-state index contributed by atoms with van der Waals surface area (Å²) in [5, 5.41) is 0. The molecule has 6 heteroatoms. The maximum atomic E-state index is 13.9. The molecule has 0 spiro atoms. The molecule has 0 aliphatic carbocycles. The number of imidazole rings is 1. The van der Waals surface area contributed by atoms with Crippen molar-refractivity contribution in [2.24, 2.45) is 11.7 Å². The topological polar surface area (TPSA) is 64.2 Å². The third kappa shape index (κ3) is 6.56. The number of nitrogens with two attached hydrogens (primary N) is 1. The minimum absolute atomic E-state index is 0.00502. The fourth-order valence-corrected chi connectivity index (χ4v) is 5.05. The molecule has 0 fully saturated rings. The summed E-state index contributed by atoms with van der Waals surface area (Å²) < 4.78 is 3.21. The molecule has 4 aromatic rings. The third-order valence-electron chi connectivity index (χ3n) is 6.52. The van der Waals surface area contributed by atoms with E-state index in [1.165, 1.54) is 5.56 Å². The highest BCUT2D eigenvalue weighted by Gasteiger charge is 2.32. The third-order valence-corrected chi connectivity index (χ3v) is 7.01. The Kier molecular flexibility index (Phi) is 8.95. The molecule has 1 heterocycles. The summed E-state index contributed by atoms with van der Waals surface area (Å²) in [6.07, 6.45) is 2.83. The number of hydrogen-bond acceptors (Lipinski definition) is 3. The number of rotatable bonds is 10. The van der Waals surface area contributed by atoms with Gasteiger partial charge in [-0.2, -0.15) is 0 Å². The quantitative estimate of drug-likeness (QED) is 0.231. The van der Waals surface area contributed by atoms with E-state index in [1.807, 2.05) is 54.3 Å². The Balaban J connectivity index is 1.82. The van der Waals surface area contributed by atoms with Gasteiger partial charge in [0.05, 0.1) is 11.7 Å². The first-order valence-corrected chi connectivity index (χ1v) is 13.6. The Morgan fingerprint density at radius 2 is 1.76 bits per heavy atom.